The summed E-state index contributed by atoms with van der Waals surface area (Å²) in [6.45, 7) is 3.60. The lowest BCUT2D eigenvalue weighted by Gasteiger charge is -2.19. The van der Waals surface area contributed by atoms with E-state index in [1.807, 2.05) is 13.8 Å². The highest BCUT2D eigenvalue weighted by Gasteiger charge is 2.29. The van der Waals surface area contributed by atoms with Gasteiger partial charge in [0.15, 0.2) is 6.61 Å². The van der Waals surface area contributed by atoms with Gasteiger partial charge in [-0.05, 0) is 13.8 Å². The van der Waals surface area contributed by atoms with Crippen molar-refractivity contribution < 1.29 is 17.9 Å². The van der Waals surface area contributed by atoms with Crippen LogP contribution in [-0.4, -0.2) is 47.9 Å². The van der Waals surface area contributed by atoms with Crippen molar-refractivity contribution in [2.75, 3.05) is 37.0 Å². The third kappa shape index (κ3) is 4.76. The van der Waals surface area contributed by atoms with Crippen LogP contribution in [0.25, 0.3) is 0 Å². The van der Waals surface area contributed by atoms with Gasteiger partial charge in [-0.25, -0.2) is 0 Å². The minimum absolute atomic E-state index is 0.161. The van der Waals surface area contributed by atoms with Crippen LogP contribution >= 0.6 is 0 Å². The molecule has 0 radical (unpaired) electrons. The fourth-order valence-corrected chi connectivity index (χ4v) is 1.32. The molecule has 0 aliphatic carbocycles. The summed E-state index contributed by atoms with van der Waals surface area (Å²) in [5.74, 6) is 0.440. The molecule has 6 nitrogen and oxygen atoms in total. The van der Waals surface area contributed by atoms with Crippen LogP contribution in [0.15, 0.2) is 0 Å². The summed E-state index contributed by atoms with van der Waals surface area (Å²) in [5, 5.41) is 2.66. The number of hydrogen-bond donors (Lipinski definition) is 1. The molecule has 0 fully saturated rings. The molecule has 0 amide bonds. The van der Waals surface area contributed by atoms with Gasteiger partial charge >= 0.3 is 12.2 Å². The van der Waals surface area contributed by atoms with E-state index >= 15 is 0 Å². The number of nitrogens with one attached hydrogen (secondary N) is 1. The average molecular weight is 279 g/mol. The third-order valence-corrected chi connectivity index (χ3v) is 2.24. The van der Waals surface area contributed by atoms with E-state index in [4.69, 9.17) is 0 Å². The Hall–Kier alpha value is -1.80. The van der Waals surface area contributed by atoms with Crippen molar-refractivity contribution in [3.8, 4) is 6.01 Å². The van der Waals surface area contributed by atoms with Crippen LogP contribution < -0.4 is 15.0 Å². The Labute approximate surface area is 109 Å². The Morgan fingerprint density at radius 2 is 1.79 bits per heavy atom. The molecule has 19 heavy (non-hydrogen) atoms. The molecule has 1 aromatic rings. The maximum absolute atomic E-state index is 12.1. The van der Waals surface area contributed by atoms with E-state index in [9.17, 15) is 13.2 Å². The highest BCUT2D eigenvalue weighted by atomic mass is 19.4. The molecular formula is C10H16F3N5O. The largest absolute Gasteiger partial charge is 0.454 e. The second-order valence-electron chi connectivity index (χ2n) is 3.57. The van der Waals surface area contributed by atoms with Crippen LogP contribution in [0.3, 0.4) is 0 Å². The van der Waals surface area contributed by atoms with Crippen molar-refractivity contribution in [3.63, 3.8) is 0 Å². The summed E-state index contributed by atoms with van der Waals surface area (Å²) >= 11 is 0. The Bertz CT molecular complexity index is 409. The number of alkyl halides is 3. The normalized spacial score (nSPS) is 11.3. The lowest BCUT2D eigenvalue weighted by Crippen LogP contribution is -2.26. The van der Waals surface area contributed by atoms with Gasteiger partial charge in [0.05, 0.1) is 0 Å². The summed E-state index contributed by atoms with van der Waals surface area (Å²) in [6, 6.07) is -0.349. The average Bonchev–Trinajstić information content (AvgIpc) is 2.37. The highest BCUT2D eigenvalue weighted by Crippen LogP contribution is 2.18. The molecule has 108 valence electrons. The molecule has 9 heteroatoms. The molecule has 0 aromatic carbocycles. The van der Waals surface area contributed by atoms with E-state index in [1.54, 1.807) is 11.9 Å². The van der Waals surface area contributed by atoms with Crippen molar-refractivity contribution in [2.24, 2.45) is 0 Å². The smallest absolute Gasteiger partial charge is 0.422 e. The van der Waals surface area contributed by atoms with Gasteiger partial charge in [0.25, 0.3) is 0 Å². The summed E-state index contributed by atoms with van der Waals surface area (Å²) in [4.78, 5) is 13.4. The highest BCUT2D eigenvalue weighted by molar-refractivity contribution is 5.37. The molecule has 0 saturated heterocycles. The van der Waals surface area contributed by atoms with Crippen molar-refractivity contribution in [1.29, 1.82) is 0 Å². The van der Waals surface area contributed by atoms with Gasteiger partial charge in [-0.15, -0.1) is 0 Å². The Balaban J connectivity index is 2.95. The third-order valence-electron chi connectivity index (χ3n) is 2.24. The predicted molar refractivity (Wildman–Crippen MR) is 64.5 cm³/mol. The number of nitrogens with zero attached hydrogens (tertiary/aromatic N) is 4. The zero-order chi connectivity index (χ0) is 14.5. The second-order valence-corrected chi connectivity index (χ2v) is 3.57. The standard InChI is InChI=1S/C10H16F3N5O/c1-4-18(5-2)8-15-7(14-3)16-9(17-8)19-6-10(11,12)13/h4-6H2,1-3H3,(H,14,15,16,17). The fourth-order valence-electron chi connectivity index (χ4n) is 1.32. The summed E-state index contributed by atoms with van der Waals surface area (Å²) < 4.78 is 40.8. The quantitative estimate of drug-likeness (QED) is 0.855. The Morgan fingerprint density at radius 3 is 2.26 bits per heavy atom. The second kappa shape index (κ2) is 6.39. The molecule has 0 unspecified atom stereocenters. The van der Waals surface area contributed by atoms with Gasteiger partial charge in [0.2, 0.25) is 11.9 Å². The van der Waals surface area contributed by atoms with Crippen LogP contribution in [0.4, 0.5) is 25.1 Å². The number of aromatic nitrogens is 3. The molecule has 0 bridgehead atoms. The van der Waals surface area contributed by atoms with E-state index in [1.165, 1.54) is 0 Å². The van der Waals surface area contributed by atoms with Crippen LogP contribution in [0, 0.1) is 0 Å². The first-order valence-corrected chi connectivity index (χ1v) is 5.78. The lowest BCUT2D eigenvalue weighted by molar-refractivity contribution is -0.154. The topological polar surface area (TPSA) is 63.2 Å². The van der Waals surface area contributed by atoms with Gasteiger partial charge in [-0.2, -0.15) is 28.1 Å². The molecule has 0 aliphatic heterocycles. The van der Waals surface area contributed by atoms with E-state index in [2.05, 4.69) is 25.0 Å². The van der Waals surface area contributed by atoms with E-state index in [0.29, 0.717) is 13.1 Å². The van der Waals surface area contributed by atoms with Crippen LogP contribution in [0.5, 0.6) is 6.01 Å². The SMILES string of the molecule is CCN(CC)c1nc(NC)nc(OCC(F)(F)F)n1. The number of hydrogen-bond acceptors (Lipinski definition) is 6. The predicted octanol–water partition coefficient (Wildman–Crippen LogP) is 1.70. The van der Waals surface area contributed by atoms with E-state index in [0.717, 1.165) is 0 Å². The van der Waals surface area contributed by atoms with E-state index in [-0.39, 0.29) is 17.9 Å². The number of anilines is 2. The zero-order valence-electron chi connectivity index (χ0n) is 11.0. The number of halogens is 3. The van der Waals surface area contributed by atoms with Crippen molar-refractivity contribution in [3.05, 3.63) is 0 Å². The molecule has 0 saturated carbocycles. The Kier molecular flexibility index (Phi) is 5.13. The van der Waals surface area contributed by atoms with Gasteiger partial charge in [0, 0.05) is 20.1 Å². The van der Waals surface area contributed by atoms with Crippen LogP contribution in [0.1, 0.15) is 13.8 Å². The molecule has 1 heterocycles. The minimum Gasteiger partial charge on any atom is -0.454 e. The minimum atomic E-state index is -4.43. The van der Waals surface area contributed by atoms with Gasteiger partial charge < -0.3 is 15.0 Å². The zero-order valence-corrected chi connectivity index (χ0v) is 11.0. The fraction of sp³-hybridized carbons (Fsp3) is 0.700. The molecule has 1 aromatic heterocycles. The number of ether oxygens (including phenoxy) is 1. The molecule has 0 atom stereocenters. The maximum atomic E-state index is 12.1. The van der Waals surface area contributed by atoms with Crippen molar-refractivity contribution in [1.82, 2.24) is 15.0 Å². The summed E-state index contributed by atoms with van der Waals surface area (Å²) in [7, 11) is 1.56. The lowest BCUT2D eigenvalue weighted by atomic mass is 10.5. The van der Waals surface area contributed by atoms with Gasteiger partial charge in [-0.1, -0.05) is 0 Å². The summed E-state index contributed by atoms with van der Waals surface area (Å²) in [6.07, 6.45) is -4.43. The molecule has 1 N–H and O–H groups in total. The van der Waals surface area contributed by atoms with Crippen molar-refractivity contribution in [2.45, 2.75) is 20.0 Å². The molecular weight excluding hydrogens is 263 g/mol. The molecule has 0 spiro atoms. The molecule has 1 rings (SSSR count). The monoisotopic (exact) mass is 279 g/mol. The first kappa shape index (κ1) is 15.3. The summed E-state index contributed by atoms with van der Waals surface area (Å²) in [5.41, 5.74) is 0. The van der Waals surface area contributed by atoms with Crippen LogP contribution in [0.2, 0.25) is 0 Å². The Morgan fingerprint density at radius 1 is 1.16 bits per heavy atom. The number of rotatable bonds is 6. The van der Waals surface area contributed by atoms with E-state index < -0.39 is 12.8 Å². The molecule has 0 aliphatic rings. The first-order chi connectivity index (χ1) is 8.89. The van der Waals surface area contributed by atoms with Crippen LogP contribution in [-0.2, 0) is 0 Å². The van der Waals surface area contributed by atoms with Gasteiger partial charge in [0.1, 0.15) is 0 Å². The van der Waals surface area contributed by atoms with Gasteiger partial charge in [-0.3, -0.25) is 0 Å². The first-order valence-electron chi connectivity index (χ1n) is 5.78. The maximum Gasteiger partial charge on any atom is 0.422 e. The van der Waals surface area contributed by atoms with Crippen molar-refractivity contribution >= 4 is 11.9 Å².